The lowest BCUT2D eigenvalue weighted by Crippen LogP contribution is -2.61. The molecule has 8 heteroatoms. The predicted molar refractivity (Wildman–Crippen MR) is 154 cm³/mol. The average molecular weight is 558 g/mol. The van der Waals surface area contributed by atoms with Gasteiger partial charge in [0.05, 0.1) is 6.54 Å². The van der Waals surface area contributed by atoms with Gasteiger partial charge in [0.15, 0.2) is 0 Å². The second-order valence-electron chi connectivity index (χ2n) is 11.2. The van der Waals surface area contributed by atoms with E-state index in [1.165, 1.54) is 6.42 Å². The number of piperazine rings is 1. The Kier molecular flexibility index (Phi) is 8.34. The maximum Gasteiger partial charge on any atom is 0.249 e. The highest BCUT2D eigenvalue weighted by atomic mass is 35.5. The first-order chi connectivity index (χ1) is 18.3. The van der Waals surface area contributed by atoms with Crippen molar-refractivity contribution in [3.05, 3.63) is 63.6 Å². The quantitative estimate of drug-likeness (QED) is 0.484. The van der Waals surface area contributed by atoms with Gasteiger partial charge in [-0.15, -0.1) is 0 Å². The van der Waals surface area contributed by atoms with Gasteiger partial charge in [0.2, 0.25) is 11.8 Å². The molecular formula is C30H38Cl2N4O2. The SMILES string of the molecule is CC(C)N1CCN(C(=O)CN(C2CCCCC2)C2(Cc3cccc(Cl)c3)C(=O)Nc3cc(Cl)ccc32)CC1. The Morgan fingerprint density at radius 2 is 1.74 bits per heavy atom. The van der Waals surface area contributed by atoms with E-state index in [1.807, 2.05) is 47.4 Å². The second-order valence-corrected chi connectivity index (χ2v) is 12.1. The highest BCUT2D eigenvalue weighted by molar-refractivity contribution is 6.31. The summed E-state index contributed by atoms with van der Waals surface area (Å²) in [7, 11) is 0. The molecule has 2 aromatic rings. The molecule has 204 valence electrons. The van der Waals surface area contributed by atoms with E-state index < -0.39 is 5.54 Å². The van der Waals surface area contributed by atoms with Crippen LogP contribution in [0.5, 0.6) is 0 Å². The van der Waals surface area contributed by atoms with Crippen molar-refractivity contribution >= 4 is 40.7 Å². The minimum absolute atomic E-state index is 0.0969. The number of amides is 2. The van der Waals surface area contributed by atoms with Crippen LogP contribution < -0.4 is 5.32 Å². The van der Waals surface area contributed by atoms with Crippen LogP contribution >= 0.6 is 23.2 Å². The Bertz CT molecular complexity index is 1170. The van der Waals surface area contributed by atoms with Crippen LogP contribution in [0.2, 0.25) is 10.0 Å². The second kappa shape index (κ2) is 11.5. The van der Waals surface area contributed by atoms with Crippen LogP contribution in [0, 0.1) is 0 Å². The van der Waals surface area contributed by atoms with Gasteiger partial charge in [0.25, 0.3) is 0 Å². The molecule has 1 aliphatic carbocycles. The van der Waals surface area contributed by atoms with Gasteiger partial charge in [-0.25, -0.2) is 0 Å². The minimum Gasteiger partial charge on any atom is -0.339 e. The molecule has 2 heterocycles. The number of nitrogens with zero attached hydrogens (tertiary/aromatic N) is 3. The van der Waals surface area contributed by atoms with Crippen LogP contribution in [0.1, 0.15) is 57.1 Å². The molecule has 1 N–H and O–H groups in total. The van der Waals surface area contributed by atoms with Gasteiger partial charge in [-0.1, -0.05) is 60.7 Å². The van der Waals surface area contributed by atoms with Gasteiger partial charge in [-0.3, -0.25) is 19.4 Å². The molecule has 0 aromatic heterocycles. The molecule has 38 heavy (non-hydrogen) atoms. The van der Waals surface area contributed by atoms with Crippen LogP contribution in [0.25, 0.3) is 0 Å². The minimum atomic E-state index is -1.03. The first-order valence-electron chi connectivity index (χ1n) is 13.9. The van der Waals surface area contributed by atoms with Crippen LogP contribution in [0.4, 0.5) is 5.69 Å². The lowest BCUT2D eigenvalue weighted by molar-refractivity contribution is -0.142. The first-order valence-corrected chi connectivity index (χ1v) is 14.7. The first kappa shape index (κ1) is 27.4. The lowest BCUT2D eigenvalue weighted by Gasteiger charge is -2.46. The molecule has 3 aliphatic rings. The van der Waals surface area contributed by atoms with E-state index in [9.17, 15) is 9.59 Å². The summed E-state index contributed by atoms with van der Waals surface area (Å²) in [5.74, 6) is -0.00240. The zero-order valence-electron chi connectivity index (χ0n) is 22.4. The highest BCUT2D eigenvalue weighted by Gasteiger charge is 2.54. The fourth-order valence-corrected chi connectivity index (χ4v) is 6.92. The molecule has 0 bridgehead atoms. The van der Waals surface area contributed by atoms with Crippen LogP contribution in [-0.2, 0) is 21.5 Å². The molecule has 1 saturated heterocycles. The van der Waals surface area contributed by atoms with Crippen molar-refractivity contribution in [2.75, 3.05) is 38.0 Å². The van der Waals surface area contributed by atoms with E-state index in [0.717, 1.165) is 68.7 Å². The molecule has 2 aliphatic heterocycles. The largest absolute Gasteiger partial charge is 0.339 e. The summed E-state index contributed by atoms with van der Waals surface area (Å²) in [4.78, 5) is 34.7. The van der Waals surface area contributed by atoms with Crippen molar-refractivity contribution in [3.63, 3.8) is 0 Å². The van der Waals surface area contributed by atoms with E-state index in [-0.39, 0.29) is 24.4 Å². The number of hydrogen-bond acceptors (Lipinski definition) is 4. The van der Waals surface area contributed by atoms with Gasteiger partial charge in [0, 0.05) is 66.0 Å². The van der Waals surface area contributed by atoms with E-state index in [4.69, 9.17) is 23.2 Å². The maximum absolute atomic E-state index is 14.2. The number of hydrogen-bond donors (Lipinski definition) is 1. The van der Waals surface area contributed by atoms with Gasteiger partial charge in [-0.05, 0) is 56.5 Å². The standard InChI is InChI=1S/C30H38Cl2N4O2/c1-21(2)34-13-15-35(16-14-34)28(37)20-36(25-9-4-3-5-10-25)30(19-22-7-6-8-23(31)17-22)26-12-11-24(32)18-27(26)33-29(30)38/h6-8,11-12,17-18,21,25H,3-5,9-10,13-16,19-20H2,1-2H3,(H,33,38). The summed E-state index contributed by atoms with van der Waals surface area (Å²) in [6, 6.07) is 13.9. The van der Waals surface area contributed by atoms with Crippen molar-refractivity contribution in [1.29, 1.82) is 0 Å². The number of nitrogens with one attached hydrogen (secondary N) is 1. The monoisotopic (exact) mass is 556 g/mol. The fourth-order valence-electron chi connectivity index (χ4n) is 6.53. The normalized spacial score (nSPS) is 22.7. The Morgan fingerprint density at radius 3 is 2.42 bits per heavy atom. The summed E-state index contributed by atoms with van der Waals surface area (Å²) in [6.45, 7) is 7.80. The lowest BCUT2D eigenvalue weighted by atomic mass is 9.80. The van der Waals surface area contributed by atoms with E-state index >= 15 is 0 Å². The predicted octanol–water partition coefficient (Wildman–Crippen LogP) is 5.57. The van der Waals surface area contributed by atoms with Crippen molar-refractivity contribution < 1.29 is 9.59 Å². The zero-order chi connectivity index (χ0) is 26.9. The number of rotatable bonds is 7. The van der Waals surface area contributed by atoms with Gasteiger partial charge in [-0.2, -0.15) is 0 Å². The fraction of sp³-hybridized carbons (Fsp3) is 0.533. The Hall–Kier alpha value is -2.12. The Labute approximate surface area is 236 Å². The summed E-state index contributed by atoms with van der Waals surface area (Å²) >= 11 is 12.7. The summed E-state index contributed by atoms with van der Waals surface area (Å²) < 4.78 is 0. The molecule has 6 nitrogen and oxygen atoms in total. The van der Waals surface area contributed by atoms with Crippen LogP contribution in [-0.4, -0.2) is 71.3 Å². The maximum atomic E-state index is 14.2. The van der Waals surface area contributed by atoms with E-state index in [1.54, 1.807) is 0 Å². The molecule has 1 unspecified atom stereocenters. The topological polar surface area (TPSA) is 55.9 Å². The van der Waals surface area contributed by atoms with Crippen molar-refractivity contribution in [2.45, 2.75) is 70.0 Å². The molecule has 0 spiro atoms. The number of fused-ring (bicyclic) bond motifs is 1. The summed E-state index contributed by atoms with van der Waals surface area (Å²) in [5, 5.41) is 4.33. The van der Waals surface area contributed by atoms with E-state index in [0.29, 0.717) is 22.5 Å². The van der Waals surface area contributed by atoms with Crippen LogP contribution in [0.15, 0.2) is 42.5 Å². The van der Waals surface area contributed by atoms with Gasteiger partial charge < -0.3 is 10.2 Å². The molecule has 2 fully saturated rings. The number of carbonyl (C=O) groups is 2. The number of benzene rings is 2. The number of anilines is 1. The van der Waals surface area contributed by atoms with Crippen molar-refractivity contribution in [2.24, 2.45) is 0 Å². The summed E-state index contributed by atoms with van der Waals surface area (Å²) in [5.41, 5.74) is 1.55. The Morgan fingerprint density at radius 1 is 1.03 bits per heavy atom. The molecule has 5 rings (SSSR count). The third-order valence-corrected chi connectivity index (χ3v) is 9.08. The molecule has 1 saturated carbocycles. The van der Waals surface area contributed by atoms with Gasteiger partial charge >= 0.3 is 0 Å². The van der Waals surface area contributed by atoms with Crippen molar-refractivity contribution in [1.82, 2.24) is 14.7 Å². The molecule has 2 aromatic carbocycles. The molecule has 0 radical (unpaired) electrons. The third kappa shape index (κ3) is 5.46. The average Bonchev–Trinajstić information content (AvgIpc) is 3.18. The number of carbonyl (C=O) groups excluding carboxylic acids is 2. The third-order valence-electron chi connectivity index (χ3n) is 8.61. The zero-order valence-corrected chi connectivity index (χ0v) is 23.9. The smallest absolute Gasteiger partial charge is 0.249 e. The summed E-state index contributed by atoms with van der Waals surface area (Å²) in [6.07, 6.45) is 5.77. The molecular weight excluding hydrogens is 519 g/mol. The van der Waals surface area contributed by atoms with E-state index in [2.05, 4.69) is 29.0 Å². The molecule has 2 amide bonds. The van der Waals surface area contributed by atoms with Crippen molar-refractivity contribution in [3.8, 4) is 0 Å². The number of halogens is 2. The Balaban J connectivity index is 1.54. The highest BCUT2D eigenvalue weighted by Crippen LogP contribution is 2.46. The molecule has 1 atom stereocenters. The van der Waals surface area contributed by atoms with Gasteiger partial charge in [0.1, 0.15) is 5.54 Å². The van der Waals surface area contributed by atoms with Crippen LogP contribution in [0.3, 0.4) is 0 Å².